The standard InChI is InChI=1S/C40H23BN2S/c1-2-12-24(13-3-1)43-32-22-23-34-36(28-17-7-11-21-33(28)44-34)38(32)37-26-15-5-4-14-25(26)35-27-16-6-9-19-30(27)42-31-20-10-8-18-29(31)41(43)39(37)40(35)42/h1-23H. The number of aromatic nitrogens is 1. The molecule has 2 aliphatic rings. The van der Waals surface area contributed by atoms with Crippen LogP contribution in [0, 0.1) is 0 Å². The summed E-state index contributed by atoms with van der Waals surface area (Å²) >= 11 is 1.90. The number of nitrogens with zero attached hydrogens (tertiary/aromatic N) is 2. The Bertz CT molecular complexity index is 2680. The third kappa shape index (κ3) is 2.69. The van der Waals surface area contributed by atoms with Gasteiger partial charge in [-0.1, -0.05) is 97.1 Å². The second kappa shape index (κ2) is 8.19. The van der Waals surface area contributed by atoms with Crippen molar-refractivity contribution in [1.82, 2.24) is 4.57 Å². The summed E-state index contributed by atoms with van der Waals surface area (Å²) in [5.74, 6) is 0. The SMILES string of the molecule is c1ccc(N2B3c4ccccc4-n4c5ccccc5c5c6ccccc6c(c3c54)-c3c2ccc2sc4ccccc4c32)cc1. The third-order valence-corrected chi connectivity index (χ3v) is 11.1. The van der Waals surface area contributed by atoms with Gasteiger partial charge in [-0.15, -0.1) is 11.3 Å². The van der Waals surface area contributed by atoms with Gasteiger partial charge in [0.25, 0.3) is 0 Å². The first-order valence-corrected chi connectivity index (χ1v) is 16.1. The van der Waals surface area contributed by atoms with Gasteiger partial charge in [-0.25, -0.2) is 0 Å². The van der Waals surface area contributed by atoms with Gasteiger partial charge >= 0.3 is 6.85 Å². The molecule has 4 heteroatoms. The number of thiophene rings is 1. The quantitative estimate of drug-likeness (QED) is 0.177. The summed E-state index contributed by atoms with van der Waals surface area (Å²) in [4.78, 5) is 2.62. The summed E-state index contributed by atoms with van der Waals surface area (Å²) in [5, 5.41) is 8.03. The molecule has 0 amide bonds. The Labute approximate surface area is 258 Å². The predicted molar refractivity (Wildman–Crippen MR) is 190 cm³/mol. The molecule has 11 rings (SSSR count). The van der Waals surface area contributed by atoms with Gasteiger partial charge < -0.3 is 9.38 Å². The smallest absolute Gasteiger partial charge is 0.333 e. The zero-order valence-corrected chi connectivity index (χ0v) is 24.5. The highest BCUT2D eigenvalue weighted by Crippen LogP contribution is 2.52. The number of para-hydroxylation sites is 3. The molecule has 0 radical (unpaired) electrons. The van der Waals surface area contributed by atoms with Crippen LogP contribution in [0.4, 0.5) is 11.4 Å². The van der Waals surface area contributed by atoms with Crippen molar-refractivity contribution in [1.29, 1.82) is 0 Å². The monoisotopic (exact) mass is 574 g/mol. The van der Waals surface area contributed by atoms with Gasteiger partial charge in [-0.05, 0) is 69.7 Å². The van der Waals surface area contributed by atoms with Crippen molar-refractivity contribution in [2.24, 2.45) is 0 Å². The minimum Gasteiger partial charge on any atom is -0.376 e. The summed E-state index contributed by atoms with van der Waals surface area (Å²) in [7, 11) is 0. The molecule has 0 aliphatic carbocycles. The van der Waals surface area contributed by atoms with E-state index in [1.54, 1.807) is 0 Å². The van der Waals surface area contributed by atoms with E-state index in [0.29, 0.717) is 0 Å². The van der Waals surface area contributed by atoms with Crippen molar-refractivity contribution in [2.45, 2.75) is 0 Å². The summed E-state index contributed by atoms with van der Waals surface area (Å²) in [6, 6.07) is 51.8. The van der Waals surface area contributed by atoms with E-state index < -0.39 is 0 Å². The Kier molecular flexibility index (Phi) is 4.32. The maximum atomic E-state index is 2.62. The highest BCUT2D eigenvalue weighted by Gasteiger charge is 2.45. The molecule has 0 bridgehead atoms. The minimum absolute atomic E-state index is 0.0300. The van der Waals surface area contributed by atoms with Gasteiger partial charge in [0, 0.05) is 53.6 Å². The van der Waals surface area contributed by atoms with Crippen LogP contribution in [-0.2, 0) is 0 Å². The zero-order valence-electron chi connectivity index (χ0n) is 23.7. The first-order chi connectivity index (χ1) is 21.9. The molecule has 0 unspecified atom stereocenters. The van der Waals surface area contributed by atoms with Gasteiger partial charge in [0.15, 0.2) is 0 Å². The molecule has 0 fully saturated rings. The minimum atomic E-state index is 0.0300. The lowest BCUT2D eigenvalue weighted by molar-refractivity contribution is 1.18. The summed E-state index contributed by atoms with van der Waals surface area (Å²) in [5.41, 5.74) is 11.8. The molecular weight excluding hydrogens is 551 g/mol. The third-order valence-electron chi connectivity index (χ3n) is 9.93. The molecule has 4 heterocycles. The van der Waals surface area contributed by atoms with E-state index in [2.05, 4.69) is 149 Å². The molecule has 202 valence electrons. The molecule has 7 aromatic carbocycles. The molecule has 0 N–H and O–H groups in total. The van der Waals surface area contributed by atoms with Gasteiger partial charge in [0.1, 0.15) is 0 Å². The Morgan fingerprint density at radius 3 is 2.07 bits per heavy atom. The second-order valence-corrected chi connectivity index (χ2v) is 13.1. The molecule has 0 spiro atoms. The average Bonchev–Trinajstić information content (AvgIpc) is 3.65. The van der Waals surface area contributed by atoms with Crippen LogP contribution in [-0.4, -0.2) is 11.4 Å². The first-order valence-electron chi connectivity index (χ1n) is 15.2. The van der Waals surface area contributed by atoms with E-state index in [1.807, 2.05) is 11.3 Å². The molecule has 44 heavy (non-hydrogen) atoms. The van der Waals surface area contributed by atoms with E-state index in [-0.39, 0.29) is 6.85 Å². The number of benzene rings is 7. The largest absolute Gasteiger partial charge is 0.376 e. The van der Waals surface area contributed by atoms with Gasteiger partial charge in [-0.3, -0.25) is 0 Å². The van der Waals surface area contributed by atoms with Crippen molar-refractivity contribution in [3.63, 3.8) is 0 Å². The topological polar surface area (TPSA) is 8.17 Å². The van der Waals surface area contributed by atoms with Gasteiger partial charge in [0.05, 0.1) is 11.0 Å². The van der Waals surface area contributed by atoms with Gasteiger partial charge in [-0.2, -0.15) is 0 Å². The maximum Gasteiger partial charge on any atom is 0.333 e. The number of rotatable bonds is 1. The van der Waals surface area contributed by atoms with Crippen molar-refractivity contribution in [3.05, 3.63) is 140 Å². The van der Waals surface area contributed by atoms with Crippen molar-refractivity contribution in [3.8, 4) is 16.8 Å². The first kappa shape index (κ1) is 23.2. The van der Waals surface area contributed by atoms with E-state index in [0.717, 1.165) is 0 Å². The van der Waals surface area contributed by atoms with Crippen LogP contribution in [0.1, 0.15) is 0 Å². The van der Waals surface area contributed by atoms with E-state index in [1.165, 1.54) is 91.9 Å². The van der Waals surface area contributed by atoms with Crippen molar-refractivity contribution < 1.29 is 0 Å². The number of hydrogen-bond acceptors (Lipinski definition) is 2. The summed E-state index contributed by atoms with van der Waals surface area (Å²) in [6.45, 7) is 0.0300. The van der Waals surface area contributed by atoms with Crippen molar-refractivity contribution >= 4 is 93.2 Å². The molecule has 9 aromatic rings. The lowest BCUT2D eigenvalue weighted by atomic mass is 9.43. The normalized spacial score (nSPS) is 13.4. The van der Waals surface area contributed by atoms with Crippen LogP contribution in [0.3, 0.4) is 0 Å². The summed E-state index contributed by atoms with van der Waals surface area (Å²) < 4.78 is 5.23. The van der Waals surface area contributed by atoms with Crippen LogP contribution in [0.25, 0.3) is 69.6 Å². The van der Waals surface area contributed by atoms with Crippen LogP contribution in [0.15, 0.2) is 140 Å². The lowest BCUT2D eigenvalue weighted by Gasteiger charge is -2.42. The van der Waals surface area contributed by atoms with Crippen LogP contribution in [0.2, 0.25) is 0 Å². The Balaban J connectivity index is 1.47. The molecule has 2 aliphatic heterocycles. The van der Waals surface area contributed by atoms with Crippen LogP contribution >= 0.6 is 11.3 Å². The Morgan fingerprint density at radius 2 is 1.18 bits per heavy atom. The fraction of sp³-hybridized carbons (Fsp3) is 0. The fourth-order valence-corrected chi connectivity index (χ4v) is 9.47. The van der Waals surface area contributed by atoms with E-state index in [4.69, 9.17) is 0 Å². The molecule has 0 saturated carbocycles. The van der Waals surface area contributed by atoms with Crippen molar-refractivity contribution in [2.75, 3.05) is 4.81 Å². The molecule has 0 saturated heterocycles. The highest BCUT2D eigenvalue weighted by atomic mass is 32.1. The van der Waals surface area contributed by atoms with Crippen LogP contribution in [0.5, 0.6) is 0 Å². The Morgan fingerprint density at radius 1 is 0.477 bits per heavy atom. The Hall–Kier alpha value is -5.32. The second-order valence-electron chi connectivity index (χ2n) is 12.0. The highest BCUT2D eigenvalue weighted by molar-refractivity contribution is 7.26. The zero-order chi connectivity index (χ0) is 28.5. The van der Waals surface area contributed by atoms with Crippen LogP contribution < -0.4 is 15.7 Å². The fourth-order valence-electron chi connectivity index (χ4n) is 8.36. The predicted octanol–water partition coefficient (Wildman–Crippen LogP) is 9.54. The molecule has 2 nitrogen and oxygen atoms in total. The molecular formula is C40H23BN2S. The number of fused-ring (bicyclic) bond motifs is 15. The number of hydrogen-bond donors (Lipinski definition) is 0. The molecule has 2 aromatic heterocycles. The lowest BCUT2D eigenvalue weighted by Crippen LogP contribution is -2.60. The van der Waals surface area contributed by atoms with E-state index in [9.17, 15) is 0 Å². The van der Waals surface area contributed by atoms with E-state index >= 15 is 0 Å². The number of anilines is 2. The maximum absolute atomic E-state index is 2.62. The molecule has 0 atom stereocenters. The van der Waals surface area contributed by atoms with Gasteiger partial charge in [0.2, 0.25) is 0 Å². The summed E-state index contributed by atoms with van der Waals surface area (Å²) in [6.07, 6.45) is 0. The average molecular weight is 575 g/mol.